The van der Waals surface area contributed by atoms with Crippen molar-refractivity contribution >= 4 is 0 Å². The van der Waals surface area contributed by atoms with E-state index in [9.17, 15) is 5.11 Å². The first-order chi connectivity index (χ1) is 16.1. The van der Waals surface area contributed by atoms with Gasteiger partial charge in [-0.15, -0.1) is 0 Å². The third-order valence-electron chi connectivity index (χ3n) is 9.26. The van der Waals surface area contributed by atoms with Gasteiger partial charge in [0.05, 0.1) is 19.1 Å². The Kier molecular flexibility index (Phi) is 9.04. The molecule has 0 saturated heterocycles. The van der Waals surface area contributed by atoms with E-state index in [0.717, 1.165) is 23.5 Å². The second-order valence-electron chi connectivity index (χ2n) is 11.9. The zero-order chi connectivity index (χ0) is 24.9. The molecule has 3 saturated carbocycles. The number of aliphatic hydroxyl groups is 1. The van der Waals surface area contributed by atoms with Gasteiger partial charge in [0.15, 0.2) is 5.79 Å². The molecule has 0 aromatic rings. The molecule has 3 rings (SSSR count). The van der Waals surface area contributed by atoms with E-state index in [4.69, 9.17) is 10.00 Å². The molecule has 0 aliphatic heterocycles. The van der Waals surface area contributed by atoms with Crippen LogP contribution in [-0.2, 0) is 4.74 Å². The summed E-state index contributed by atoms with van der Waals surface area (Å²) in [5, 5.41) is 19.7. The van der Waals surface area contributed by atoms with Gasteiger partial charge in [-0.1, -0.05) is 76.6 Å². The molecule has 3 fully saturated rings. The number of nitrogens with zero attached hydrogens (tertiary/aromatic N) is 1. The van der Waals surface area contributed by atoms with Crippen LogP contribution in [-0.4, -0.2) is 17.5 Å². The van der Waals surface area contributed by atoms with Gasteiger partial charge in [-0.2, -0.15) is 5.26 Å². The smallest absolute Gasteiger partial charge is 0.169 e. The largest absolute Gasteiger partial charge is 0.365 e. The van der Waals surface area contributed by atoms with Gasteiger partial charge in [0, 0.05) is 12.8 Å². The lowest BCUT2D eigenvalue weighted by atomic mass is 9.61. The Labute approximate surface area is 208 Å². The predicted octanol–water partition coefficient (Wildman–Crippen LogP) is 7.90. The fraction of sp³-hybridized carbons (Fsp3) is 0.710. The summed E-state index contributed by atoms with van der Waals surface area (Å²) in [5.74, 6) is 2.17. The van der Waals surface area contributed by atoms with Crippen LogP contribution < -0.4 is 0 Å². The Morgan fingerprint density at radius 1 is 1.15 bits per heavy atom. The summed E-state index contributed by atoms with van der Waals surface area (Å²) in [7, 11) is 0. The van der Waals surface area contributed by atoms with Gasteiger partial charge in [0.25, 0.3) is 0 Å². The van der Waals surface area contributed by atoms with E-state index in [1.165, 1.54) is 32.1 Å². The van der Waals surface area contributed by atoms with E-state index in [1.807, 2.05) is 0 Å². The van der Waals surface area contributed by atoms with Gasteiger partial charge in [0.2, 0.25) is 0 Å². The van der Waals surface area contributed by atoms with Crippen LogP contribution in [0.3, 0.4) is 0 Å². The van der Waals surface area contributed by atoms with Crippen molar-refractivity contribution < 1.29 is 9.84 Å². The van der Waals surface area contributed by atoms with Crippen molar-refractivity contribution in [2.24, 2.45) is 35.0 Å². The summed E-state index contributed by atoms with van der Waals surface area (Å²) >= 11 is 0. The van der Waals surface area contributed by atoms with Gasteiger partial charge in [-0.05, 0) is 79.1 Å². The number of fused-ring (bicyclic) bond motifs is 1. The van der Waals surface area contributed by atoms with E-state index < -0.39 is 5.79 Å². The lowest BCUT2D eigenvalue weighted by Crippen LogP contribution is -2.36. The van der Waals surface area contributed by atoms with Gasteiger partial charge >= 0.3 is 0 Å². The van der Waals surface area contributed by atoms with Gasteiger partial charge < -0.3 is 9.84 Å². The average molecular weight is 466 g/mol. The zero-order valence-corrected chi connectivity index (χ0v) is 22.3. The molecule has 6 atom stereocenters. The molecule has 0 amide bonds. The molecule has 3 aliphatic rings. The summed E-state index contributed by atoms with van der Waals surface area (Å²) in [4.78, 5) is 0. The molecule has 0 spiro atoms. The standard InChI is InChI=1S/C31H47NO2/c1-22(2)23(3)10-11-25(5)28-14-15-29-26(9-7-17-30(28,29)6)12-13-27-21-31(33,18-16-24(27)4)34-20-8-19-32/h10-13,22-23,25,28-29,33H,4,7-9,14-18,20-21H2,1-3,5-6H3/t23-,25+,28+,29?,30+,31-/m0/s1. The maximum Gasteiger partial charge on any atom is 0.169 e. The third kappa shape index (κ3) is 6.13. The molecule has 0 radical (unpaired) electrons. The van der Waals surface area contributed by atoms with Crippen molar-refractivity contribution in [1.82, 2.24) is 0 Å². The minimum atomic E-state index is -1.17. The fourth-order valence-electron chi connectivity index (χ4n) is 6.66. The van der Waals surface area contributed by atoms with Crippen molar-refractivity contribution in [2.75, 3.05) is 6.61 Å². The highest BCUT2D eigenvalue weighted by molar-refractivity contribution is 5.37. The highest BCUT2D eigenvalue weighted by Crippen LogP contribution is 2.59. The second kappa shape index (κ2) is 11.4. The lowest BCUT2D eigenvalue weighted by molar-refractivity contribution is -0.208. The first kappa shape index (κ1) is 27.0. The molecule has 188 valence electrons. The van der Waals surface area contributed by atoms with Crippen LogP contribution in [0.15, 0.2) is 47.6 Å². The van der Waals surface area contributed by atoms with E-state index >= 15 is 0 Å². The quantitative estimate of drug-likeness (QED) is 0.225. The first-order valence-corrected chi connectivity index (χ1v) is 13.6. The fourth-order valence-corrected chi connectivity index (χ4v) is 6.66. The van der Waals surface area contributed by atoms with E-state index in [-0.39, 0.29) is 6.61 Å². The van der Waals surface area contributed by atoms with E-state index in [2.05, 4.69) is 71.6 Å². The van der Waals surface area contributed by atoms with Crippen LogP contribution in [0.25, 0.3) is 0 Å². The molecule has 0 bridgehead atoms. The molecule has 1 unspecified atom stereocenters. The lowest BCUT2D eigenvalue weighted by Gasteiger charge is -2.44. The maximum absolute atomic E-state index is 10.9. The Hall–Kier alpha value is -1.63. The monoisotopic (exact) mass is 465 g/mol. The Bertz CT molecular complexity index is 859. The van der Waals surface area contributed by atoms with Gasteiger partial charge in [-0.3, -0.25) is 0 Å². The van der Waals surface area contributed by atoms with Crippen LogP contribution >= 0.6 is 0 Å². The Morgan fingerprint density at radius 2 is 1.91 bits per heavy atom. The van der Waals surface area contributed by atoms with Crippen LogP contribution in [0, 0.1) is 46.3 Å². The predicted molar refractivity (Wildman–Crippen MR) is 141 cm³/mol. The van der Waals surface area contributed by atoms with Crippen molar-refractivity contribution in [2.45, 2.75) is 98.2 Å². The van der Waals surface area contributed by atoms with E-state index in [0.29, 0.717) is 48.3 Å². The van der Waals surface area contributed by atoms with Crippen LogP contribution in [0.5, 0.6) is 0 Å². The zero-order valence-electron chi connectivity index (χ0n) is 22.3. The SMILES string of the molecule is C=C1CC[C@](O)(OCCC#N)CC1=CC=C1CCC[C@@]2(C)C1CC[C@@H]2[C@H](C)C=C[C@H](C)C(C)C. The Balaban J connectivity index is 1.73. The molecule has 3 heteroatoms. The highest BCUT2D eigenvalue weighted by atomic mass is 16.6. The molecule has 3 aliphatic carbocycles. The second-order valence-corrected chi connectivity index (χ2v) is 11.9. The van der Waals surface area contributed by atoms with Crippen molar-refractivity contribution in [3.8, 4) is 6.07 Å². The number of hydrogen-bond acceptors (Lipinski definition) is 3. The molecule has 0 aromatic carbocycles. The molecule has 34 heavy (non-hydrogen) atoms. The first-order valence-electron chi connectivity index (χ1n) is 13.6. The summed E-state index contributed by atoms with van der Waals surface area (Å²) < 4.78 is 5.69. The number of rotatable bonds is 8. The molecule has 0 heterocycles. The molecular weight excluding hydrogens is 418 g/mol. The summed E-state index contributed by atoms with van der Waals surface area (Å²) in [5.41, 5.74) is 4.16. The van der Waals surface area contributed by atoms with Crippen LogP contribution in [0.2, 0.25) is 0 Å². The number of nitriles is 1. The topological polar surface area (TPSA) is 53.2 Å². The minimum absolute atomic E-state index is 0.276. The summed E-state index contributed by atoms with van der Waals surface area (Å²) in [6, 6.07) is 2.08. The molecule has 3 nitrogen and oxygen atoms in total. The molecule has 1 N–H and O–H groups in total. The minimum Gasteiger partial charge on any atom is -0.365 e. The van der Waals surface area contributed by atoms with Crippen LogP contribution in [0.4, 0.5) is 0 Å². The summed E-state index contributed by atoms with van der Waals surface area (Å²) in [6.45, 7) is 16.5. The van der Waals surface area contributed by atoms with E-state index in [1.54, 1.807) is 5.57 Å². The number of ether oxygens (including phenoxy) is 1. The highest BCUT2D eigenvalue weighted by Gasteiger charge is 2.50. The van der Waals surface area contributed by atoms with Crippen molar-refractivity contribution in [3.63, 3.8) is 0 Å². The third-order valence-corrected chi connectivity index (χ3v) is 9.26. The number of allylic oxidation sites excluding steroid dienone is 6. The van der Waals surface area contributed by atoms with Crippen molar-refractivity contribution in [1.29, 1.82) is 5.26 Å². The molecule has 0 aromatic heterocycles. The maximum atomic E-state index is 10.9. The normalized spacial score (nSPS) is 36.2. The summed E-state index contributed by atoms with van der Waals surface area (Å²) in [6.07, 6.45) is 17.9. The van der Waals surface area contributed by atoms with Crippen LogP contribution in [0.1, 0.15) is 92.4 Å². The Morgan fingerprint density at radius 3 is 2.62 bits per heavy atom. The van der Waals surface area contributed by atoms with Crippen molar-refractivity contribution in [3.05, 3.63) is 47.6 Å². The number of hydrogen-bond donors (Lipinski definition) is 1. The van der Waals surface area contributed by atoms with Gasteiger partial charge in [-0.25, -0.2) is 0 Å². The van der Waals surface area contributed by atoms with Gasteiger partial charge in [0.1, 0.15) is 0 Å². The molecular formula is C31H47NO2. The average Bonchev–Trinajstić information content (AvgIpc) is 3.15.